The van der Waals surface area contributed by atoms with Crippen molar-refractivity contribution in [3.8, 4) is 0 Å². The molecule has 1 aromatic carbocycles. The Balaban J connectivity index is 1.84. The van der Waals surface area contributed by atoms with Crippen LogP contribution in [0.1, 0.15) is 36.4 Å². The molecule has 0 bridgehead atoms. The Labute approximate surface area is 139 Å². The summed E-state index contributed by atoms with van der Waals surface area (Å²) in [6.07, 6.45) is 3.37. The van der Waals surface area contributed by atoms with Gasteiger partial charge < -0.3 is 4.74 Å². The van der Waals surface area contributed by atoms with E-state index in [0.29, 0.717) is 5.92 Å². The van der Waals surface area contributed by atoms with Crippen molar-refractivity contribution in [2.45, 2.75) is 37.8 Å². The summed E-state index contributed by atoms with van der Waals surface area (Å²) in [5.41, 5.74) is 5.78. The van der Waals surface area contributed by atoms with Crippen molar-refractivity contribution in [3.63, 3.8) is 0 Å². The van der Waals surface area contributed by atoms with Crippen molar-refractivity contribution < 1.29 is 4.74 Å². The van der Waals surface area contributed by atoms with E-state index in [1.807, 2.05) is 11.8 Å². The molecule has 0 radical (unpaired) electrons. The molecule has 21 heavy (non-hydrogen) atoms. The number of nitrogens with one attached hydrogen (secondary N) is 1. The first-order chi connectivity index (χ1) is 10.1. The second-order valence-corrected chi connectivity index (χ2v) is 8.25. The van der Waals surface area contributed by atoms with Gasteiger partial charge in [-0.3, -0.25) is 11.3 Å². The molecule has 2 aliphatic rings. The molecule has 2 saturated heterocycles. The van der Waals surface area contributed by atoms with Crippen molar-refractivity contribution >= 4 is 27.7 Å². The molecule has 3 nitrogen and oxygen atoms in total. The van der Waals surface area contributed by atoms with Gasteiger partial charge in [0.05, 0.1) is 5.60 Å². The normalized spacial score (nSPS) is 30.7. The SMILES string of the molecule is Cc1ccc(Br)cc1C(NN)C1CCOC2(CCSC2)C1. The highest BCUT2D eigenvalue weighted by Gasteiger charge is 2.42. The molecular formula is C16H23BrN2OS. The Morgan fingerprint density at radius 1 is 1.52 bits per heavy atom. The summed E-state index contributed by atoms with van der Waals surface area (Å²) in [7, 11) is 0. The van der Waals surface area contributed by atoms with E-state index in [4.69, 9.17) is 10.6 Å². The van der Waals surface area contributed by atoms with Crippen LogP contribution in [0.15, 0.2) is 22.7 Å². The second-order valence-electron chi connectivity index (χ2n) is 6.23. The van der Waals surface area contributed by atoms with Gasteiger partial charge in [0.25, 0.3) is 0 Å². The van der Waals surface area contributed by atoms with Crippen LogP contribution in [-0.4, -0.2) is 23.7 Å². The van der Waals surface area contributed by atoms with E-state index in [9.17, 15) is 0 Å². The maximum absolute atomic E-state index is 6.14. The largest absolute Gasteiger partial charge is 0.374 e. The summed E-state index contributed by atoms with van der Waals surface area (Å²) in [6, 6.07) is 6.65. The molecule has 1 spiro atoms. The van der Waals surface area contributed by atoms with Gasteiger partial charge in [-0.2, -0.15) is 11.8 Å². The van der Waals surface area contributed by atoms with Crippen LogP contribution < -0.4 is 11.3 Å². The minimum Gasteiger partial charge on any atom is -0.374 e. The van der Waals surface area contributed by atoms with E-state index in [2.05, 4.69) is 46.5 Å². The first-order valence-corrected chi connectivity index (χ1v) is 9.52. The van der Waals surface area contributed by atoms with Gasteiger partial charge in [-0.05, 0) is 61.1 Å². The summed E-state index contributed by atoms with van der Waals surface area (Å²) in [5.74, 6) is 8.83. The third-order valence-corrected chi connectivity index (χ3v) is 6.54. The quantitative estimate of drug-likeness (QED) is 0.630. The zero-order chi connectivity index (χ0) is 14.9. The Morgan fingerprint density at radius 3 is 3.10 bits per heavy atom. The number of halogens is 1. The van der Waals surface area contributed by atoms with Gasteiger partial charge in [0.15, 0.2) is 0 Å². The minimum absolute atomic E-state index is 0.0998. The number of thioether (sulfide) groups is 1. The topological polar surface area (TPSA) is 47.3 Å². The summed E-state index contributed by atoms with van der Waals surface area (Å²) < 4.78 is 7.26. The molecule has 1 aromatic rings. The molecule has 3 N–H and O–H groups in total. The predicted octanol–water partition coefficient (Wildman–Crippen LogP) is 3.56. The Morgan fingerprint density at radius 2 is 2.38 bits per heavy atom. The third-order valence-electron chi connectivity index (χ3n) is 4.83. The smallest absolute Gasteiger partial charge is 0.0783 e. The highest BCUT2D eigenvalue weighted by molar-refractivity contribution is 9.10. The van der Waals surface area contributed by atoms with Crippen LogP contribution in [0.3, 0.4) is 0 Å². The molecule has 2 aliphatic heterocycles. The zero-order valence-corrected chi connectivity index (χ0v) is 14.8. The second kappa shape index (κ2) is 6.59. The average Bonchev–Trinajstić information content (AvgIpc) is 2.91. The predicted molar refractivity (Wildman–Crippen MR) is 92.3 cm³/mol. The summed E-state index contributed by atoms with van der Waals surface area (Å²) in [6.45, 7) is 3.02. The lowest BCUT2D eigenvalue weighted by molar-refractivity contribution is -0.0854. The van der Waals surface area contributed by atoms with E-state index >= 15 is 0 Å². The molecule has 0 aromatic heterocycles. The van der Waals surface area contributed by atoms with Crippen LogP contribution in [0, 0.1) is 12.8 Å². The van der Waals surface area contributed by atoms with Gasteiger partial charge in [0, 0.05) is 22.9 Å². The van der Waals surface area contributed by atoms with Gasteiger partial charge in [-0.1, -0.05) is 22.0 Å². The van der Waals surface area contributed by atoms with Gasteiger partial charge in [0.2, 0.25) is 0 Å². The van der Waals surface area contributed by atoms with E-state index < -0.39 is 0 Å². The molecular weight excluding hydrogens is 348 g/mol. The van der Waals surface area contributed by atoms with E-state index in [-0.39, 0.29) is 11.6 Å². The number of hydrazine groups is 1. The molecule has 2 fully saturated rings. The summed E-state index contributed by atoms with van der Waals surface area (Å²) >= 11 is 5.60. The van der Waals surface area contributed by atoms with Crippen molar-refractivity contribution in [1.29, 1.82) is 0 Å². The maximum Gasteiger partial charge on any atom is 0.0783 e. The molecule has 3 unspecified atom stereocenters. The Hall–Kier alpha value is -0.0700. The monoisotopic (exact) mass is 370 g/mol. The van der Waals surface area contributed by atoms with Crippen LogP contribution in [0.2, 0.25) is 0 Å². The van der Waals surface area contributed by atoms with E-state index in [1.165, 1.54) is 23.3 Å². The lowest BCUT2D eigenvalue weighted by Gasteiger charge is -2.41. The van der Waals surface area contributed by atoms with Crippen molar-refractivity contribution in [3.05, 3.63) is 33.8 Å². The van der Waals surface area contributed by atoms with Crippen LogP contribution in [0.25, 0.3) is 0 Å². The molecule has 3 rings (SSSR count). The first kappa shape index (κ1) is 15.8. The highest BCUT2D eigenvalue weighted by Crippen LogP contribution is 2.44. The van der Waals surface area contributed by atoms with Crippen LogP contribution in [-0.2, 0) is 4.74 Å². The van der Waals surface area contributed by atoms with Gasteiger partial charge in [0.1, 0.15) is 0 Å². The highest BCUT2D eigenvalue weighted by atomic mass is 79.9. The lowest BCUT2D eigenvalue weighted by atomic mass is 9.78. The Kier molecular flexibility index (Phi) is 4.96. The molecule has 0 saturated carbocycles. The molecule has 2 heterocycles. The van der Waals surface area contributed by atoms with Crippen molar-refractivity contribution in [1.82, 2.24) is 5.43 Å². The zero-order valence-electron chi connectivity index (χ0n) is 12.4. The summed E-state index contributed by atoms with van der Waals surface area (Å²) in [5, 5.41) is 0. The molecule has 3 atom stereocenters. The van der Waals surface area contributed by atoms with Gasteiger partial charge in [-0.25, -0.2) is 0 Å². The maximum atomic E-state index is 6.14. The van der Waals surface area contributed by atoms with Crippen LogP contribution in [0.5, 0.6) is 0 Å². The van der Waals surface area contributed by atoms with Crippen LogP contribution >= 0.6 is 27.7 Å². The lowest BCUT2D eigenvalue weighted by Crippen LogP contribution is -2.45. The molecule has 0 aliphatic carbocycles. The number of hydrogen-bond donors (Lipinski definition) is 2. The van der Waals surface area contributed by atoms with E-state index in [1.54, 1.807) is 0 Å². The minimum atomic E-state index is 0.0998. The fourth-order valence-corrected chi connectivity index (χ4v) is 5.40. The fraction of sp³-hybridized carbons (Fsp3) is 0.625. The third kappa shape index (κ3) is 3.32. The van der Waals surface area contributed by atoms with Crippen molar-refractivity contribution in [2.75, 3.05) is 18.1 Å². The van der Waals surface area contributed by atoms with Gasteiger partial charge >= 0.3 is 0 Å². The number of ether oxygens (including phenoxy) is 1. The Bertz CT molecular complexity index is 505. The molecule has 5 heteroatoms. The fourth-order valence-electron chi connectivity index (χ4n) is 3.64. The summed E-state index contributed by atoms with van der Waals surface area (Å²) in [4.78, 5) is 0. The standard InChI is InChI=1S/C16H23BrN2OS/c1-11-2-3-13(17)8-14(11)15(19-18)12-4-6-20-16(9-12)5-7-21-10-16/h2-3,8,12,15,19H,4-7,9-10,18H2,1H3. The molecule has 0 amide bonds. The van der Waals surface area contributed by atoms with E-state index in [0.717, 1.165) is 29.7 Å². The average molecular weight is 371 g/mol. The number of aryl methyl sites for hydroxylation is 1. The van der Waals surface area contributed by atoms with Gasteiger partial charge in [-0.15, -0.1) is 0 Å². The first-order valence-electron chi connectivity index (χ1n) is 7.57. The number of rotatable bonds is 3. The number of hydrogen-bond acceptors (Lipinski definition) is 4. The number of benzene rings is 1. The van der Waals surface area contributed by atoms with Crippen LogP contribution in [0.4, 0.5) is 0 Å². The molecule has 116 valence electrons. The number of nitrogens with two attached hydrogens (primary N) is 1. The van der Waals surface area contributed by atoms with Crippen molar-refractivity contribution in [2.24, 2.45) is 11.8 Å².